The molecule has 1 saturated heterocycles. The second-order valence-corrected chi connectivity index (χ2v) is 8.42. The van der Waals surface area contributed by atoms with Crippen molar-refractivity contribution < 1.29 is 22.3 Å². The van der Waals surface area contributed by atoms with Gasteiger partial charge < -0.3 is 10.1 Å². The van der Waals surface area contributed by atoms with Gasteiger partial charge in [0.2, 0.25) is 10.0 Å². The van der Waals surface area contributed by atoms with Gasteiger partial charge in [-0.2, -0.15) is 4.31 Å². The number of rotatable bonds is 4. The summed E-state index contributed by atoms with van der Waals surface area (Å²) in [4.78, 5) is 12.0. The summed E-state index contributed by atoms with van der Waals surface area (Å²) in [6, 6.07) is 8.25. The summed E-state index contributed by atoms with van der Waals surface area (Å²) in [6.45, 7) is 2.55. The van der Waals surface area contributed by atoms with E-state index in [4.69, 9.17) is 16.3 Å². The number of aryl methyl sites for hydroxylation is 1. The van der Waals surface area contributed by atoms with Crippen LogP contribution in [0.5, 0.6) is 0 Å². The van der Waals surface area contributed by atoms with Crippen molar-refractivity contribution in [2.75, 3.05) is 31.6 Å². The van der Waals surface area contributed by atoms with E-state index >= 15 is 0 Å². The van der Waals surface area contributed by atoms with Crippen molar-refractivity contribution in [2.45, 2.75) is 11.8 Å². The highest BCUT2D eigenvalue weighted by molar-refractivity contribution is 7.89. The average molecular weight is 413 g/mol. The highest BCUT2D eigenvalue weighted by atomic mass is 35.5. The van der Waals surface area contributed by atoms with Crippen LogP contribution in [0.2, 0.25) is 5.02 Å². The molecule has 144 valence electrons. The number of amides is 1. The van der Waals surface area contributed by atoms with Crippen LogP contribution in [-0.2, 0) is 14.8 Å². The van der Waals surface area contributed by atoms with Gasteiger partial charge in [-0.25, -0.2) is 12.8 Å². The van der Waals surface area contributed by atoms with E-state index in [1.54, 1.807) is 25.1 Å². The minimum absolute atomic E-state index is 0.0394. The lowest BCUT2D eigenvalue weighted by Gasteiger charge is -2.26. The highest BCUT2D eigenvalue weighted by Crippen LogP contribution is 2.24. The summed E-state index contributed by atoms with van der Waals surface area (Å²) >= 11 is 5.90. The summed E-state index contributed by atoms with van der Waals surface area (Å²) in [5.74, 6) is -1.44. The van der Waals surface area contributed by atoms with E-state index < -0.39 is 26.6 Å². The van der Waals surface area contributed by atoms with Crippen molar-refractivity contribution in [1.29, 1.82) is 0 Å². The first kappa shape index (κ1) is 19.8. The van der Waals surface area contributed by atoms with Crippen molar-refractivity contribution in [3.05, 3.63) is 58.4 Å². The van der Waals surface area contributed by atoms with Crippen LogP contribution in [-0.4, -0.2) is 44.9 Å². The van der Waals surface area contributed by atoms with Crippen LogP contribution in [0.1, 0.15) is 15.9 Å². The minimum atomic E-state index is -4.05. The molecule has 0 bridgehead atoms. The molecule has 9 heteroatoms. The standard InChI is InChI=1S/C18H18ClFN2O4S/c1-12-10-14(19)3-5-16(12)21-18(23)13-2-4-15(20)17(11-13)27(24,25)22-6-8-26-9-7-22/h2-5,10-11H,6-9H2,1H3,(H,21,23). The number of halogens is 2. The normalized spacial score (nSPS) is 15.5. The Labute approximate surface area is 161 Å². The van der Waals surface area contributed by atoms with Crippen molar-refractivity contribution in [3.63, 3.8) is 0 Å². The van der Waals surface area contributed by atoms with Crippen LogP contribution in [0.25, 0.3) is 0 Å². The van der Waals surface area contributed by atoms with Crippen LogP contribution >= 0.6 is 11.6 Å². The lowest BCUT2D eigenvalue weighted by Crippen LogP contribution is -2.41. The highest BCUT2D eigenvalue weighted by Gasteiger charge is 2.29. The Morgan fingerprint density at radius 1 is 1.19 bits per heavy atom. The summed E-state index contributed by atoms with van der Waals surface area (Å²) in [5.41, 5.74) is 1.32. The van der Waals surface area contributed by atoms with Crippen LogP contribution in [0.3, 0.4) is 0 Å². The van der Waals surface area contributed by atoms with E-state index in [0.717, 1.165) is 22.0 Å². The molecule has 0 radical (unpaired) electrons. The van der Waals surface area contributed by atoms with E-state index in [1.807, 2.05) is 0 Å². The molecule has 1 aliphatic heterocycles. The first-order valence-electron chi connectivity index (χ1n) is 8.24. The van der Waals surface area contributed by atoms with Gasteiger partial charge in [0.15, 0.2) is 0 Å². The quantitative estimate of drug-likeness (QED) is 0.837. The van der Waals surface area contributed by atoms with Crippen LogP contribution in [0.4, 0.5) is 10.1 Å². The average Bonchev–Trinajstić information content (AvgIpc) is 2.65. The van der Waals surface area contributed by atoms with Crippen molar-refractivity contribution in [3.8, 4) is 0 Å². The fourth-order valence-electron chi connectivity index (χ4n) is 2.73. The molecule has 0 unspecified atom stereocenters. The molecule has 2 aromatic carbocycles. The molecule has 27 heavy (non-hydrogen) atoms. The molecule has 0 saturated carbocycles. The maximum Gasteiger partial charge on any atom is 0.255 e. The number of nitrogens with zero attached hydrogens (tertiary/aromatic N) is 1. The summed E-state index contributed by atoms with van der Waals surface area (Å²) < 4.78 is 46.0. The molecule has 6 nitrogen and oxygen atoms in total. The molecule has 1 aliphatic rings. The second-order valence-electron chi connectivity index (χ2n) is 6.08. The molecule has 0 spiro atoms. The lowest BCUT2D eigenvalue weighted by atomic mass is 10.1. The SMILES string of the molecule is Cc1cc(Cl)ccc1NC(=O)c1ccc(F)c(S(=O)(=O)N2CCOCC2)c1. The van der Waals surface area contributed by atoms with Crippen molar-refractivity contribution in [2.24, 2.45) is 0 Å². The molecule has 0 atom stereocenters. The molecule has 0 aromatic heterocycles. The summed E-state index contributed by atoms with van der Waals surface area (Å²) in [6.07, 6.45) is 0. The monoisotopic (exact) mass is 412 g/mol. The Morgan fingerprint density at radius 2 is 1.89 bits per heavy atom. The van der Waals surface area contributed by atoms with E-state index in [1.165, 1.54) is 6.07 Å². The second kappa shape index (κ2) is 7.93. The van der Waals surface area contributed by atoms with Crippen LogP contribution < -0.4 is 5.32 Å². The molecule has 1 N–H and O–H groups in total. The topological polar surface area (TPSA) is 75.7 Å². The molecular weight excluding hydrogens is 395 g/mol. The van der Waals surface area contributed by atoms with Gasteiger partial charge in [-0.3, -0.25) is 4.79 Å². The van der Waals surface area contributed by atoms with Gasteiger partial charge >= 0.3 is 0 Å². The Hall–Kier alpha value is -2.00. The third kappa shape index (κ3) is 4.30. The fourth-order valence-corrected chi connectivity index (χ4v) is 4.46. The zero-order chi connectivity index (χ0) is 19.6. The summed E-state index contributed by atoms with van der Waals surface area (Å²) in [5, 5.41) is 3.22. The van der Waals surface area contributed by atoms with Gasteiger partial charge in [-0.1, -0.05) is 11.6 Å². The number of carbonyl (C=O) groups excluding carboxylic acids is 1. The predicted octanol–water partition coefficient (Wildman–Crippen LogP) is 3.06. The number of sulfonamides is 1. The van der Waals surface area contributed by atoms with Gasteiger partial charge in [0.1, 0.15) is 10.7 Å². The summed E-state index contributed by atoms with van der Waals surface area (Å²) in [7, 11) is -4.05. The molecule has 1 heterocycles. The first-order chi connectivity index (χ1) is 12.8. The number of hydrogen-bond donors (Lipinski definition) is 1. The molecular formula is C18H18ClFN2O4S. The number of morpholine rings is 1. The minimum Gasteiger partial charge on any atom is -0.379 e. The zero-order valence-electron chi connectivity index (χ0n) is 14.5. The Balaban J connectivity index is 1.89. The van der Waals surface area contributed by atoms with E-state index in [0.29, 0.717) is 10.7 Å². The third-order valence-corrected chi connectivity index (χ3v) is 6.37. The number of nitrogens with one attached hydrogen (secondary N) is 1. The van der Waals surface area contributed by atoms with Gasteiger partial charge in [0.05, 0.1) is 13.2 Å². The lowest BCUT2D eigenvalue weighted by molar-refractivity contribution is 0.0729. The number of hydrogen-bond acceptors (Lipinski definition) is 4. The van der Waals surface area contributed by atoms with Crippen LogP contribution in [0.15, 0.2) is 41.3 Å². The van der Waals surface area contributed by atoms with Gasteiger partial charge in [0.25, 0.3) is 5.91 Å². The zero-order valence-corrected chi connectivity index (χ0v) is 16.1. The van der Waals surface area contributed by atoms with Crippen molar-refractivity contribution in [1.82, 2.24) is 4.31 Å². The van der Waals surface area contributed by atoms with E-state index in [2.05, 4.69) is 5.32 Å². The smallest absolute Gasteiger partial charge is 0.255 e. The number of anilines is 1. The van der Waals surface area contributed by atoms with Gasteiger partial charge in [0, 0.05) is 29.4 Å². The Morgan fingerprint density at radius 3 is 2.56 bits per heavy atom. The van der Waals surface area contributed by atoms with E-state index in [9.17, 15) is 17.6 Å². The Kier molecular flexibility index (Phi) is 5.81. The van der Waals surface area contributed by atoms with Gasteiger partial charge in [-0.05, 0) is 48.9 Å². The van der Waals surface area contributed by atoms with E-state index in [-0.39, 0.29) is 31.9 Å². The maximum atomic E-state index is 14.2. The molecule has 0 aliphatic carbocycles. The van der Waals surface area contributed by atoms with Crippen LogP contribution in [0, 0.1) is 12.7 Å². The Bertz CT molecular complexity index is 975. The fraction of sp³-hybridized carbons (Fsp3) is 0.278. The molecule has 3 rings (SSSR count). The largest absolute Gasteiger partial charge is 0.379 e. The number of benzene rings is 2. The molecule has 1 fully saturated rings. The van der Waals surface area contributed by atoms with Crippen molar-refractivity contribution >= 4 is 33.2 Å². The maximum absolute atomic E-state index is 14.2. The number of carbonyl (C=O) groups is 1. The number of ether oxygens (including phenoxy) is 1. The third-order valence-electron chi connectivity index (χ3n) is 4.22. The van der Waals surface area contributed by atoms with Gasteiger partial charge in [-0.15, -0.1) is 0 Å². The molecule has 1 amide bonds. The molecule has 2 aromatic rings. The first-order valence-corrected chi connectivity index (χ1v) is 10.1. The predicted molar refractivity (Wildman–Crippen MR) is 100 cm³/mol.